The van der Waals surface area contributed by atoms with E-state index in [2.05, 4.69) is 235 Å². The van der Waals surface area contributed by atoms with Crippen molar-refractivity contribution >= 4 is 0 Å². The molecule has 1 aromatic heterocycles. The zero-order valence-corrected chi connectivity index (χ0v) is 44.5. The van der Waals surface area contributed by atoms with Crippen molar-refractivity contribution in [3.05, 3.63) is 323 Å². The largest absolute Gasteiger partial charge is 0.457 e. The van der Waals surface area contributed by atoms with Crippen LogP contribution in [0.15, 0.2) is 277 Å². The minimum atomic E-state index is -0.721. The number of rotatable bonds is 6. The van der Waals surface area contributed by atoms with E-state index >= 15 is 0 Å². The highest BCUT2D eigenvalue weighted by Crippen LogP contribution is 2.64. The van der Waals surface area contributed by atoms with Crippen LogP contribution in [0.5, 0.6) is 23.0 Å². The zero-order chi connectivity index (χ0) is 54.8. The number of hydrogen-bond acceptors (Lipinski definition) is 6. The van der Waals surface area contributed by atoms with E-state index in [4.69, 9.17) is 13.9 Å². The van der Waals surface area contributed by atoms with Gasteiger partial charge in [0, 0.05) is 38.9 Å². The summed E-state index contributed by atoms with van der Waals surface area (Å²) in [5, 5.41) is 19.4. The third-order valence-electron chi connectivity index (χ3n) is 17.7. The number of hydrogen-bond donors (Lipinski definition) is 0. The Morgan fingerprint density at radius 1 is 0.265 bits per heavy atom. The number of benzene rings is 12. The summed E-state index contributed by atoms with van der Waals surface area (Å²) in [6, 6.07) is 99.0. The highest BCUT2D eigenvalue weighted by molar-refractivity contribution is 5.93. The van der Waals surface area contributed by atoms with Gasteiger partial charge in [0.25, 0.3) is 0 Å². The summed E-state index contributed by atoms with van der Waals surface area (Å²) < 4.78 is 19.7. The molecule has 1 unspecified atom stereocenters. The van der Waals surface area contributed by atoms with E-state index in [1.54, 1.807) is 0 Å². The molecule has 2 aliphatic heterocycles. The topological polar surface area (TPSA) is 81.2 Å². The van der Waals surface area contributed by atoms with Gasteiger partial charge in [0.05, 0.1) is 22.5 Å². The first kappa shape index (κ1) is 46.8. The van der Waals surface area contributed by atoms with E-state index < -0.39 is 10.8 Å². The SMILES string of the molecule is N#Cc1ccc(-c2ccc3c(c2)C2(c4ccccc4Oc4ccc(-c5ccc(-c6nnc(-c7ccccc7)o6)cc5)cc42)c2ccccc2-3)cc1-c1ccc(-c2ccc3c(c2)C2(c4ccccc4O3)c3ccccc3-c3ccccc32)cc1. The third-order valence-corrected chi connectivity index (χ3v) is 17.7. The molecular weight excluding hydrogens is 1010 g/mol. The molecule has 1 atom stereocenters. The van der Waals surface area contributed by atoms with Gasteiger partial charge in [-0.3, -0.25) is 0 Å². The average Bonchev–Trinajstić information content (AvgIpc) is 2.02. The summed E-state index contributed by atoms with van der Waals surface area (Å²) in [5.74, 6) is 4.31. The normalized spacial score (nSPS) is 14.8. The number of fused-ring (bicyclic) bond motifs is 18. The van der Waals surface area contributed by atoms with Crippen molar-refractivity contribution in [2.45, 2.75) is 10.8 Å². The summed E-state index contributed by atoms with van der Waals surface area (Å²) >= 11 is 0. The molecule has 0 saturated carbocycles. The maximum atomic E-state index is 10.7. The lowest BCUT2D eigenvalue weighted by atomic mass is 9.65. The second kappa shape index (κ2) is 17.9. The number of nitriles is 1. The lowest BCUT2D eigenvalue weighted by Crippen LogP contribution is -2.32. The lowest BCUT2D eigenvalue weighted by molar-refractivity contribution is 0.436. The molecule has 13 aromatic rings. The Kier molecular flexibility index (Phi) is 10.1. The van der Waals surface area contributed by atoms with Crippen LogP contribution in [0.3, 0.4) is 0 Å². The first-order chi connectivity index (χ1) is 41.1. The standard InChI is InChI=1S/C77H45N3O3/c78-46-56-35-34-52(42-61(56)49-30-26-47(27-31-49)53-37-40-72-68(44-53)76(65-22-10-12-24-70(65)81-72)62-19-7-4-16-57(62)58-17-5-8-20-63(58)76)55-36-39-60-59-18-6-9-21-64(59)77(67(60)43-55)66-23-11-13-25-71(66)82-73-41-38-54(45-69(73)77)48-28-32-51(33-29-48)75-80-79-74(83-75)50-14-2-1-3-15-50/h1-45H. The van der Waals surface area contributed by atoms with Gasteiger partial charge in [-0.25, -0.2) is 0 Å². The van der Waals surface area contributed by atoms with Gasteiger partial charge in [0.1, 0.15) is 23.0 Å². The third kappa shape index (κ3) is 6.77. The van der Waals surface area contributed by atoms with E-state index in [-0.39, 0.29) is 0 Å². The Hall–Kier alpha value is -11.1. The molecule has 6 nitrogen and oxygen atoms in total. The number of nitrogens with zero attached hydrogens (tertiary/aromatic N) is 3. The fraction of sp³-hybridized carbons (Fsp3) is 0.0260. The summed E-state index contributed by atoms with van der Waals surface area (Å²) in [6.45, 7) is 0. The molecule has 3 heterocycles. The van der Waals surface area contributed by atoms with Crippen molar-refractivity contribution in [3.8, 4) is 119 Å². The second-order valence-electron chi connectivity index (χ2n) is 21.8. The van der Waals surface area contributed by atoms with Crippen molar-refractivity contribution in [1.82, 2.24) is 10.2 Å². The molecule has 386 valence electrons. The van der Waals surface area contributed by atoms with E-state index in [9.17, 15) is 5.26 Å². The van der Waals surface area contributed by atoms with Crippen LogP contribution in [0.25, 0.3) is 89.7 Å². The van der Waals surface area contributed by atoms with Crippen molar-refractivity contribution in [1.29, 1.82) is 5.26 Å². The van der Waals surface area contributed by atoms with Gasteiger partial charge in [0.15, 0.2) is 0 Å². The zero-order valence-electron chi connectivity index (χ0n) is 44.5. The van der Waals surface area contributed by atoms with Crippen LogP contribution in [0.2, 0.25) is 0 Å². The highest BCUT2D eigenvalue weighted by Gasteiger charge is 2.53. The van der Waals surface area contributed by atoms with Crippen LogP contribution in [-0.2, 0) is 10.8 Å². The monoisotopic (exact) mass is 1060 g/mol. The molecule has 0 radical (unpaired) electrons. The second-order valence-corrected chi connectivity index (χ2v) is 21.8. The molecule has 2 spiro atoms. The predicted octanol–water partition coefficient (Wildman–Crippen LogP) is 18.9. The summed E-state index contributed by atoms with van der Waals surface area (Å²) in [6.07, 6.45) is 0. The Morgan fingerprint density at radius 3 is 1.17 bits per heavy atom. The molecule has 4 aliphatic rings. The van der Waals surface area contributed by atoms with E-state index in [1.807, 2.05) is 54.6 Å². The lowest BCUT2D eigenvalue weighted by Gasteiger charge is -2.39. The first-order valence-electron chi connectivity index (χ1n) is 28.0. The quantitative estimate of drug-likeness (QED) is 0.165. The fourth-order valence-electron chi connectivity index (χ4n) is 14.0. The van der Waals surface area contributed by atoms with Gasteiger partial charge in [0.2, 0.25) is 11.8 Å². The van der Waals surface area contributed by atoms with Crippen LogP contribution >= 0.6 is 0 Å². The summed E-state index contributed by atoms with van der Waals surface area (Å²) in [5.41, 5.74) is 23.3. The molecule has 2 aliphatic carbocycles. The Balaban J connectivity index is 0.750. The Morgan fingerprint density at radius 2 is 0.627 bits per heavy atom. The predicted molar refractivity (Wildman–Crippen MR) is 326 cm³/mol. The smallest absolute Gasteiger partial charge is 0.248 e. The van der Waals surface area contributed by atoms with Crippen molar-refractivity contribution in [2.24, 2.45) is 0 Å². The van der Waals surface area contributed by atoms with Gasteiger partial charge in [-0.15, -0.1) is 10.2 Å². The van der Waals surface area contributed by atoms with E-state index in [0.29, 0.717) is 17.3 Å². The first-order valence-corrected chi connectivity index (χ1v) is 28.0. The van der Waals surface area contributed by atoms with Crippen LogP contribution in [-0.4, -0.2) is 10.2 Å². The van der Waals surface area contributed by atoms with Crippen molar-refractivity contribution in [3.63, 3.8) is 0 Å². The van der Waals surface area contributed by atoms with Crippen LogP contribution in [0.1, 0.15) is 50.1 Å². The maximum Gasteiger partial charge on any atom is 0.248 e. The Labute approximate surface area is 479 Å². The Bertz CT molecular complexity index is 4830. The summed E-state index contributed by atoms with van der Waals surface area (Å²) in [4.78, 5) is 0. The maximum absolute atomic E-state index is 10.7. The van der Waals surface area contributed by atoms with Gasteiger partial charge in [-0.2, -0.15) is 5.26 Å². The molecule has 0 amide bonds. The fourth-order valence-corrected chi connectivity index (χ4v) is 14.0. The van der Waals surface area contributed by atoms with Gasteiger partial charge in [-0.05, 0) is 162 Å². The minimum absolute atomic E-state index is 0.465. The minimum Gasteiger partial charge on any atom is -0.457 e. The number of aromatic nitrogens is 2. The molecule has 0 fully saturated rings. The molecule has 12 aromatic carbocycles. The summed E-state index contributed by atoms with van der Waals surface area (Å²) in [7, 11) is 0. The van der Waals surface area contributed by atoms with E-state index in [0.717, 1.165) is 101 Å². The molecule has 0 saturated heterocycles. The van der Waals surface area contributed by atoms with Gasteiger partial charge >= 0.3 is 0 Å². The van der Waals surface area contributed by atoms with E-state index in [1.165, 1.54) is 44.5 Å². The van der Waals surface area contributed by atoms with Crippen LogP contribution < -0.4 is 9.47 Å². The average molecular weight is 1060 g/mol. The van der Waals surface area contributed by atoms with Gasteiger partial charge < -0.3 is 13.9 Å². The van der Waals surface area contributed by atoms with Crippen molar-refractivity contribution < 1.29 is 13.9 Å². The van der Waals surface area contributed by atoms with Crippen molar-refractivity contribution in [2.75, 3.05) is 0 Å². The molecule has 6 heteroatoms. The molecule has 17 rings (SSSR count). The van der Waals surface area contributed by atoms with Gasteiger partial charge in [-0.1, -0.05) is 194 Å². The molecule has 0 N–H and O–H groups in total. The number of ether oxygens (including phenoxy) is 2. The van der Waals surface area contributed by atoms with Crippen LogP contribution in [0, 0.1) is 11.3 Å². The molecule has 0 bridgehead atoms. The van der Waals surface area contributed by atoms with Crippen LogP contribution in [0.4, 0.5) is 0 Å². The highest BCUT2D eigenvalue weighted by atomic mass is 16.5. The molecule has 83 heavy (non-hydrogen) atoms. The molecular formula is C77H45N3O3. The number of para-hydroxylation sites is 2.